The second-order valence-corrected chi connectivity index (χ2v) is 4.65. The van der Waals surface area contributed by atoms with E-state index in [0.717, 1.165) is 11.4 Å². The van der Waals surface area contributed by atoms with E-state index in [2.05, 4.69) is 11.9 Å². The maximum atomic E-state index is 5.80. The molecule has 1 nitrogen and oxygen atoms in total. The molecule has 0 saturated carbocycles. The first-order chi connectivity index (χ1) is 5.25. The van der Waals surface area contributed by atoms with Crippen molar-refractivity contribution in [3.8, 4) is 0 Å². The zero-order valence-electron chi connectivity index (χ0n) is 6.17. The Kier molecular flexibility index (Phi) is 1.81. The summed E-state index contributed by atoms with van der Waals surface area (Å²) in [6, 6.07) is 2.00. The molecule has 0 aromatic carbocycles. The average Bonchev–Trinajstić information content (AvgIpc) is 2.27. The highest BCUT2D eigenvalue weighted by Crippen LogP contribution is 2.36. The predicted octanol–water partition coefficient (Wildman–Crippen LogP) is 2.77. The summed E-state index contributed by atoms with van der Waals surface area (Å²) >= 11 is 7.65. The van der Waals surface area contributed by atoms with Gasteiger partial charge in [-0.05, 0) is 6.07 Å². The number of hydrogen-bond acceptors (Lipinski definition) is 2. The lowest BCUT2D eigenvalue weighted by atomic mass is 10.2. The number of pyridine rings is 1. The molecule has 1 aliphatic rings. The van der Waals surface area contributed by atoms with Gasteiger partial charge in [0, 0.05) is 22.8 Å². The zero-order chi connectivity index (χ0) is 7.84. The van der Waals surface area contributed by atoms with Crippen LogP contribution < -0.4 is 0 Å². The minimum absolute atomic E-state index is 0.663. The first-order valence-electron chi connectivity index (χ1n) is 3.57. The number of fused-ring (bicyclic) bond motifs is 1. The second-order valence-electron chi connectivity index (χ2n) is 2.73. The highest BCUT2D eigenvalue weighted by atomic mass is 35.5. The van der Waals surface area contributed by atoms with Gasteiger partial charge in [-0.1, -0.05) is 18.5 Å². The van der Waals surface area contributed by atoms with Crippen LogP contribution in [0.25, 0.3) is 0 Å². The van der Waals surface area contributed by atoms with E-state index in [-0.39, 0.29) is 0 Å². The third kappa shape index (κ3) is 1.37. The van der Waals surface area contributed by atoms with Gasteiger partial charge in [-0.25, -0.2) is 0 Å². The molecule has 0 N–H and O–H groups in total. The third-order valence-corrected chi connectivity index (χ3v) is 3.09. The number of halogens is 1. The SMILES string of the molecule is CC1Cc2ncc(Cl)cc2S1. The van der Waals surface area contributed by atoms with Crippen molar-refractivity contribution < 1.29 is 0 Å². The normalized spacial score (nSPS) is 21.8. The van der Waals surface area contributed by atoms with E-state index in [1.54, 1.807) is 6.20 Å². The standard InChI is InChI=1S/C8H8ClNS/c1-5-2-7-8(11-5)3-6(9)4-10-7/h3-5H,2H2,1H3. The van der Waals surface area contributed by atoms with Gasteiger partial charge in [-0.3, -0.25) is 4.98 Å². The molecule has 0 amide bonds. The first-order valence-corrected chi connectivity index (χ1v) is 4.82. The Morgan fingerprint density at radius 2 is 2.55 bits per heavy atom. The van der Waals surface area contributed by atoms with Crippen LogP contribution in [0.5, 0.6) is 0 Å². The molecule has 11 heavy (non-hydrogen) atoms. The van der Waals surface area contributed by atoms with E-state index in [9.17, 15) is 0 Å². The molecule has 0 bridgehead atoms. The first kappa shape index (κ1) is 7.44. The van der Waals surface area contributed by atoms with Gasteiger partial charge in [0.1, 0.15) is 0 Å². The molecule has 2 rings (SSSR count). The summed E-state index contributed by atoms with van der Waals surface area (Å²) in [4.78, 5) is 5.51. The smallest absolute Gasteiger partial charge is 0.0600 e. The fourth-order valence-electron chi connectivity index (χ4n) is 1.24. The molecular formula is C8H8ClNS. The number of hydrogen-bond donors (Lipinski definition) is 0. The van der Waals surface area contributed by atoms with Crippen LogP contribution in [-0.4, -0.2) is 10.2 Å². The minimum atomic E-state index is 0.663. The van der Waals surface area contributed by atoms with Gasteiger partial charge < -0.3 is 0 Å². The van der Waals surface area contributed by atoms with E-state index < -0.39 is 0 Å². The summed E-state index contributed by atoms with van der Waals surface area (Å²) in [6.45, 7) is 2.21. The van der Waals surface area contributed by atoms with Crippen LogP contribution in [0.15, 0.2) is 17.2 Å². The highest BCUT2D eigenvalue weighted by molar-refractivity contribution is 8.00. The second kappa shape index (κ2) is 2.68. The largest absolute Gasteiger partial charge is 0.259 e. The molecule has 3 heteroatoms. The van der Waals surface area contributed by atoms with Gasteiger partial charge in [0.2, 0.25) is 0 Å². The van der Waals surface area contributed by atoms with Crippen molar-refractivity contribution in [3.05, 3.63) is 23.0 Å². The fraction of sp³-hybridized carbons (Fsp3) is 0.375. The molecule has 2 heterocycles. The number of aromatic nitrogens is 1. The Balaban J connectivity index is 2.43. The molecule has 1 aliphatic heterocycles. The molecule has 0 fully saturated rings. The number of nitrogens with zero attached hydrogens (tertiary/aromatic N) is 1. The molecule has 58 valence electrons. The molecule has 1 unspecified atom stereocenters. The third-order valence-electron chi connectivity index (χ3n) is 1.71. The highest BCUT2D eigenvalue weighted by Gasteiger charge is 2.19. The van der Waals surface area contributed by atoms with Crippen molar-refractivity contribution in [1.29, 1.82) is 0 Å². The zero-order valence-corrected chi connectivity index (χ0v) is 7.75. The van der Waals surface area contributed by atoms with Crippen molar-refractivity contribution in [2.75, 3.05) is 0 Å². The maximum absolute atomic E-state index is 5.80. The Labute approximate surface area is 75.2 Å². The molecule has 1 atom stereocenters. The minimum Gasteiger partial charge on any atom is -0.259 e. The lowest BCUT2D eigenvalue weighted by molar-refractivity contribution is 0.911. The van der Waals surface area contributed by atoms with Gasteiger partial charge in [0.05, 0.1) is 10.7 Å². The van der Waals surface area contributed by atoms with Gasteiger partial charge in [-0.2, -0.15) is 0 Å². The molecule has 1 aromatic heterocycles. The van der Waals surface area contributed by atoms with Crippen molar-refractivity contribution in [1.82, 2.24) is 4.98 Å². The van der Waals surface area contributed by atoms with Crippen molar-refractivity contribution in [2.24, 2.45) is 0 Å². The topological polar surface area (TPSA) is 12.9 Å². The van der Waals surface area contributed by atoms with Crippen molar-refractivity contribution >= 4 is 23.4 Å². The van der Waals surface area contributed by atoms with E-state index in [1.165, 1.54) is 10.6 Å². The van der Waals surface area contributed by atoms with Crippen molar-refractivity contribution in [3.63, 3.8) is 0 Å². The van der Waals surface area contributed by atoms with E-state index in [1.807, 2.05) is 17.8 Å². The van der Waals surface area contributed by atoms with Crippen LogP contribution in [0.2, 0.25) is 5.02 Å². The summed E-state index contributed by atoms with van der Waals surface area (Å²) in [6.07, 6.45) is 2.80. The quantitative estimate of drug-likeness (QED) is 0.617. The molecule has 0 radical (unpaired) electrons. The lowest BCUT2D eigenvalue weighted by Crippen LogP contribution is -1.92. The summed E-state index contributed by atoms with van der Waals surface area (Å²) in [5.74, 6) is 0. The molecule has 1 aromatic rings. The van der Waals surface area contributed by atoms with Crippen LogP contribution >= 0.6 is 23.4 Å². The molecule has 0 spiro atoms. The van der Waals surface area contributed by atoms with Crippen LogP contribution in [0, 0.1) is 0 Å². The molecular weight excluding hydrogens is 178 g/mol. The van der Waals surface area contributed by atoms with Gasteiger partial charge in [0.25, 0.3) is 0 Å². The number of thioether (sulfide) groups is 1. The predicted molar refractivity (Wildman–Crippen MR) is 48.3 cm³/mol. The molecule has 0 aliphatic carbocycles. The maximum Gasteiger partial charge on any atom is 0.0600 e. The van der Waals surface area contributed by atoms with E-state index in [4.69, 9.17) is 11.6 Å². The monoisotopic (exact) mass is 185 g/mol. The van der Waals surface area contributed by atoms with Crippen LogP contribution in [-0.2, 0) is 6.42 Å². The van der Waals surface area contributed by atoms with Crippen LogP contribution in [0.3, 0.4) is 0 Å². The fourth-order valence-corrected chi connectivity index (χ4v) is 2.60. The summed E-state index contributed by atoms with van der Waals surface area (Å²) in [5, 5.41) is 1.40. The van der Waals surface area contributed by atoms with Crippen molar-refractivity contribution in [2.45, 2.75) is 23.5 Å². The van der Waals surface area contributed by atoms with Crippen LogP contribution in [0.1, 0.15) is 12.6 Å². The Bertz CT molecular complexity index is 287. The summed E-state index contributed by atoms with van der Waals surface area (Å²) in [5.41, 5.74) is 1.20. The average molecular weight is 186 g/mol. The summed E-state index contributed by atoms with van der Waals surface area (Å²) < 4.78 is 0. The van der Waals surface area contributed by atoms with E-state index in [0.29, 0.717) is 5.25 Å². The number of rotatable bonds is 0. The molecule has 0 saturated heterocycles. The Hall–Kier alpha value is -0.210. The Morgan fingerprint density at radius 1 is 1.73 bits per heavy atom. The van der Waals surface area contributed by atoms with Crippen LogP contribution in [0.4, 0.5) is 0 Å². The van der Waals surface area contributed by atoms with Gasteiger partial charge in [0.15, 0.2) is 0 Å². The Morgan fingerprint density at radius 3 is 3.36 bits per heavy atom. The van der Waals surface area contributed by atoms with Gasteiger partial charge >= 0.3 is 0 Å². The summed E-state index contributed by atoms with van der Waals surface area (Å²) in [7, 11) is 0. The lowest BCUT2D eigenvalue weighted by Gasteiger charge is -1.95. The van der Waals surface area contributed by atoms with Gasteiger partial charge in [-0.15, -0.1) is 11.8 Å². The van der Waals surface area contributed by atoms with E-state index >= 15 is 0 Å².